The quantitative estimate of drug-likeness (QED) is 0.797. The molecule has 0 unspecified atom stereocenters. The first-order valence-corrected chi connectivity index (χ1v) is 10.0. The van der Waals surface area contributed by atoms with Crippen LogP contribution in [0.25, 0.3) is 0 Å². The average molecular weight is 382 g/mol. The maximum absolute atomic E-state index is 12.8. The van der Waals surface area contributed by atoms with E-state index < -0.39 is 0 Å². The fourth-order valence-electron chi connectivity index (χ4n) is 4.17. The van der Waals surface area contributed by atoms with Crippen LogP contribution in [-0.4, -0.2) is 61.2 Å². The second-order valence-corrected chi connectivity index (χ2v) is 7.54. The smallest absolute Gasteiger partial charge is 0.255 e. The molecule has 0 spiro atoms. The van der Waals surface area contributed by atoms with Crippen LogP contribution < -0.4 is 0 Å². The van der Waals surface area contributed by atoms with E-state index in [2.05, 4.69) is 15.3 Å². The van der Waals surface area contributed by atoms with E-state index in [9.17, 15) is 9.59 Å². The topological polar surface area (TPSA) is 84.2 Å². The molecule has 2 amide bonds. The second-order valence-electron chi connectivity index (χ2n) is 7.54. The maximum atomic E-state index is 12.8. The molecule has 0 atom stereocenters. The summed E-state index contributed by atoms with van der Waals surface area (Å²) >= 11 is 0. The molecule has 8 nitrogen and oxygen atoms in total. The number of carbonyl (C=O) groups is 2. The van der Waals surface area contributed by atoms with E-state index in [1.165, 1.54) is 18.8 Å². The van der Waals surface area contributed by atoms with Gasteiger partial charge in [0.1, 0.15) is 0 Å². The monoisotopic (exact) mass is 382 g/mol. The van der Waals surface area contributed by atoms with Crippen molar-refractivity contribution in [2.75, 3.05) is 19.6 Å². The van der Waals surface area contributed by atoms with Gasteiger partial charge in [0.05, 0.1) is 23.7 Å². The number of carbonyl (C=O) groups excluding carboxylic acids is 2. The van der Waals surface area contributed by atoms with E-state index >= 15 is 0 Å². The summed E-state index contributed by atoms with van der Waals surface area (Å²) in [7, 11) is 1.94. The Morgan fingerprint density at radius 3 is 2.64 bits per heavy atom. The summed E-state index contributed by atoms with van der Waals surface area (Å²) in [4.78, 5) is 29.1. The number of rotatable bonds is 4. The number of piperidine rings is 1. The first-order chi connectivity index (χ1) is 13.6. The van der Waals surface area contributed by atoms with Crippen LogP contribution in [0.15, 0.2) is 18.5 Å². The predicted octanol–water partition coefficient (Wildman–Crippen LogP) is 1.35. The Labute approximate surface area is 164 Å². The number of hydrogen-bond donors (Lipinski definition) is 0. The van der Waals surface area contributed by atoms with Crippen LogP contribution in [0.1, 0.15) is 53.0 Å². The van der Waals surface area contributed by atoms with Crippen molar-refractivity contribution in [3.63, 3.8) is 0 Å². The Hall–Kier alpha value is -2.77. The zero-order chi connectivity index (χ0) is 19.5. The van der Waals surface area contributed by atoms with Crippen LogP contribution in [0.5, 0.6) is 0 Å². The normalized spacial score (nSPS) is 16.8. The van der Waals surface area contributed by atoms with Gasteiger partial charge in [-0.05, 0) is 25.3 Å². The van der Waals surface area contributed by atoms with Crippen molar-refractivity contribution in [1.29, 1.82) is 0 Å². The van der Waals surface area contributed by atoms with E-state index in [1.54, 1.807) is 6.07 Å². The highest BCUT2D eigenvalue weighted by atomic mass is 16.2. The van der Waals surface area contributed by atoms with Gasteiger partial charge in [0.15, 0.2) is 0 Å². The van der Waals surface area contributed by atoms with Gasteiger partial charge < -0.3 is 9.80 Å². The van der Waals surface area contributed by atoms with Crippen molar-refractivity contribution in [3.05, 3.63) is 41.0 Å². The van der Waals surface area contributed by atoms with Crippen LogP contribution in [-0.2, 0) is 31.2 Å². The lowest BCUT2D eigenvalue weighted by Crippen LogP contribution is -2.37. The fourth-order valence-corrected chi connectivity index (χ4v) is 4.17. The molecule has 0 saturated carbocycles. The van der Waals surface area contributed by atoms with Gasteiger partial charge in [0, 0.05) is 63.7 Å². The largest absolute Gasteiger partial charge is 0.343 e. The number of aryl methyl sites for hydroxylation is 2. The molecule has 0 aliphatic carbocycles. The van der Waals surface area contributed by atoms with Gasteiger partial charge >= 0.3 is 0 Å². The van der Waals surface area contributed by atoms with Crippen molar-refractivity contribution in [2.45, 2.75) is 45.1 Å². The molecule has 8 heteroatoms. The van der Waals surface area contributed by atoms with E-state index in [-0.39, 0.29) is 11.8 Å². The van der Waals surface area contributed by atoms with Crippen LogP contribution in [0.2, 0.25) is 0 Å². The molecule has 4 rings (SSSR count). The summed E-state index contributed by atoms with van der Waals surface area (Å²) in [6.07, 6.45) is 8.32. The molecule has 4 heterocycles. The maximum Gasteiger partial charge on any atom is 0.255 e. The predicted molar refractivity (Wildman–Crippen MR) is 102 cm³/mol. The van der Waals surface area contributed by atoms with E-state index in [0.29, 0.717) is 31.5 Å². The Bertz CT molecular complexity index is 857. The van der Waals surface area contributed by atoms with Gasteiger partial charge in [-0.25, -0.2) is 0 Å². The molecule has 0 bridgehead atoms. The summed E-state index contributed by atoms with van der Waals surface area (Å²) < 4.78 is 1.91. The third-order valence-electron chi connectivity index (χ3n) is 5.73. The van der Waals surface area contributed by atoms with Gasteiger partial charge in [0.2, 0.25) is 5.91 Å². The van der Waals surface area contributed by atoms with Crippen molar-refractivity contribution in [2.24, 2.45) is 7.05 Å². The summed E-state index contributed by atoms with van der Waals surface area (Å²) in [5.41, 5.74) is 3.74. The molecule has 148 valence electrons. The first kappa shape index (κ1) is 18.6. The van der Waals surface area contributed by atoms with E-state index in [0.717, 1.165) is 49.3 Å². The van der Waals surface area contributed by atoms with Crippen molar-refractivity contribution in [3.8, 4) is 0 Å². The third-order valence-corrected chi connectivity index (χ3v) is 5.73. The van der Waals surface area contributed by atoms with Crippen molar-refractivity contribution < 1.29 is 9.59 Å². The Morgan fingerprint density at radius 2 is 1.89 bits per heavy atom. The molecule has 2 aliphatic rings. The summed E-state index contributed by atoms with van der Waals surface area (Å²) in [5, 5.41) is 12.2. The highest BCUT2D eigenvalue weighted by molar-refractivity contribution is 5.93. The number of likely N-dealkylation sites (tertiary alicyclic amines) is 1. The number of amides is 2. The molecule has 0 radical (unpaired) electrons. The fraction of sp³-hybridized carbons (Fsp3) is 0.550. The third kappa shape index (κ3) is 3.76. The van der Waals surface area contributed by atoms with E-state index in [4.69, 9.17) is 0 Å². The highest BCUT2D eigenvalue weighted by Gasteiger charge is 2.28. The molecule has 28 heavy (non-hydrogen) atoms. The van der Waals surface area contributed by atoms with Crippen LogP contribution in [0.3, 0.4) is 0 Å². The minimum Gasteiger partial charge on any atom is -0.343 e. The van der Waals surface area contributed by atoms with Crippen molar-refractivity contribution >= 4 is 11.8 Å². The summed E-state index contributed by atoms with van der Waals surface area (Å²) in [6, 6.07) is 1.69. The average Bonchev–Trinajstić information content (AvgIpc) is 3.07. The van der Waals surface area contributed by atoms with Crippen LogP contribution >= 0.6 is 0 Å². The Morgan fingerprint density at radius 1 is 1.07 bits per heavy atom. The number of nitrogens with zero attached hydrogens (tertiary/aromatic N) is 6. The molecule has 1 fully saturated rings. The number of aromatic nitrogens is 4. The van der Waals surface area contributed by atoms with Gasteiger partial charge in [-0.2, -0.15) is 15.3 Å². The highest BCUT2D eigenvalue weighted by Crippen LogP contribution is 2.24. The zero-order valence-corrected chi connectivity index (χ0v) is 16.3. The van der Waals surface area contributed by atoms with Gasteiger partial charge in [-0.1, -0.05) is 0 Å². The molecule has 2 aromatic rings. The standard InChI is InChI=1S/C20H26N6O2/c1-24-18-8-12-26(20(28)15-7-9-21-22-13-15)14-16(18)17(23-24)5-6-19(27)25-10-3-2-4-11-25/h7,9,13H,2-6,8,10-12,14H2,1H3. The summed E-state index contributed by atoms with van der Waals surface area (Å²) in [6.45, 7) is 2.93. The molecule has 0 N–H and O–H groups in total. The van der Waals surface area contributed by atoms with Crippen molar-refractivity contribution in [1.82, 2.24) is 29.8 Å². The lowest BCUT2D eigenvalue weighted by Gasteiger charge is -2.28. The molecule has 2 aliphatic heterocycles. The molecule has 0 aromatic carbocycles. The lowest BCUT2D eigenvalue weighted by molar-refractivity contribution is -0.132. The SMILES string of the molecule is Cn1nc(CCC(=O)N2CCCCC2)c2c1CCN(C(=O)c1ccnnc1)C2. The number of fused-ring (bicyclic) bond motifs is 1. The van der Waals surface area contributed by atoms with Gasteiger partial charge in [-0.15, -0.1) is 0 Å². The molecule has 1 saturated heterocycles. The zero-order valence-electron chi connectivity index (χ0n) is 16.3. The second kappa shape index (κ2) is 8.08. The molecular weight excluding hydrogens is 356 g/mol. The molecule has 2 aromatic heterocycles. The van der Waals surface area contributed by atoms with Crippen LogP contribution in [0.4, 0.5) is 0 Å². The minimum absolute atomic E-state index is 0.0419. The molecular formula is C20H26N6O2. The van der Waals surface area contributed by atoms with Gasteiger partial charge in [0.25, 0.3) is 5.91 Å². The van der Waals surface area contributed by atoms with Crippen LogP contribution in [0, 0.1) is 0 Å². The first-order valence-electron chi connectivity index (χ1n) is 10.0. The number of hydrogen-bond acceptors (Lipinski definition) is 5. The summed E-state index contributed by atoms with van der Waals surface area (Å²) in [5.74, 6) is 0.172. The Balaban J connectivity index is 1.45. The Kier molecular flexibility index (Phi) is 5.36. The van der Waals surface area contributed by atoms with E-state index in [1.807, 2.05) is 21.5 Å². The minimum atomic E-state index is -0.0419. The van der Waals surface area contributed by atoms with Gasteiger partial charge in [-0.3, -0.25) is 14.3 Å². The lowest BCUT2D eigenvalue weighted by atomic mass is 10.0.